The summed E-state index contributed by atoms with van der Waals surface area (Å²) < 4.78 is 8.57. The summed E-state index contributed by atoms with van der Waals surface area (Å²) >= 11 is 9.20. The molecule has 4 nitrogen and oxygen atoms in total. The molecule has 3 rings (SSSR count). The Kier molecular flexibility index (Phi) is 3.62. The molecule has 20 heavy (non-hydrogen) atoms. The van der Waals surface area contributed by atoms with E-state index in [4.69, 9.17) is 11.6 Å². The molecule has 1 aromatic carbocycles. The zero-order valence-corrected chi connectivity index (χ0v) is 13.7. The minimum Gasteiger partial charge on any atom is -0.375 e. The maximum Gasteiger partial charge on any atom is 0.129 e. The third kappa shape index (κ3) is 2.39. The molecule has 0 saturated carbocycles. The van der Waals surface area contributed by atoms with Crippen molar-refractivity contribution in [2.45, 2.75) is 26.8 Å². The lowest BCUT2D eigenvalue weighted by Gasteiger charge is -2.15. The van der Waals surface area contributed by atoms with Crippen molar-refractivity contribution in [2.75, 3.05) is 5.32 Å². The number of nitrogens with zero attached hydrogens (tertiary/aromatic N) is 3. The van der Waals surface area contributed by atoms with Gasteiger partial charge in [0.25, 0.3) is 0 Å². The number of halogens is 1. The molecule has 104 valence electrons. The molecule has 3 aromatic rings. The van der Waals surface area contributed by atoms with Crippen LogP contribution in [0.5, 0.6) is 0 Å². The van der Waals surface area contributed by atoms with Gasteiger partial charge in [0.1, 0.15) is 11.0 Å². The summed E-state index contributed by atoms with van der Waals surface area (Å²) in [4.78, 5) is 5.69. The molecule has 7 heteroatoms. The first-order valence-corrected chi connectivity index (χ1v) is 8.10. The molecule has 0 radical (unpaired) electrons. The fraction of sp³-hybridized carbons (Fsp3) is 0.308. The average molecular weight is 325 g/mol. The van der Waals surface area contributed by atoms with Crippen molar-refractivity contribution in [1.82, 2.24) is 13.7 Å². The second-order valence-corrected chi connectivity index (χ2v) is 6.77. The number of rotatable bonds is 3. The number of anilines is 1. The highest BCUT2D eigenvalue weighted by Crippen LogP contribution is 2.34. The van der Waals surface area contributed by atoms with Crippen molar-refractivity contribution in [3.63, 3.8) is 0 Å². The first-order chi connectivity index (χ1) is 9.56. The molecule has 0 amide bonds. The smallest absolute Gasteiger partial charge is 0.129 e. The molecule has 1 N–H and O–H groups in total. The summed E-state index contributed by atoms with van der Waals surface area (Å²) in [6.07, 6.45) is 0. The Morgan fingerprint density at radius 3 is 2.75 bits per heavy atom. The van der Waals surface area contributed by atoms with Gasteiger partial charge < -0.3 is 5.32 Å². The average Bonchev–Trinajstić information content (AvgIpc) is 2.99. The molecule has 0 aliphatic carbocycles. The Labute approximate surface area is 130 Å². The number of thiazole rings is 1. The largest absolute Gasteiger partial charge is 0.375 e. The third-order valence-electron chi connectivity index (χ3n) is 3.07. The molecule has 0 fully saturated rings. The maximum absolute atomic E-state index is 6.30. The molecule has 0 bridgehead atoms. The zero-order chi connectivity index (χ0) is 14.3. The van der Waals surface area contributed by atoms with Crippen LogP contribution in [0, 0.1) is 13.8 Å². The van der Waals surface area contributed by atoms with Crippen LogP contribution in [-0.4, -0.2) is 13.7 Å². The molecule has 0 spiro atoms. The van der Waals surface area contributed by atoms with Gasteiger partial charge in [0.2, 0.25) is 0 Å². The van der Waals surface area contributed by atoms with Crippen LogP contribution in [-0.2, 0) is 0 Å². The molecule has 0 aliphatic rings. The number of fused-ring (bicyclic) bond motifs is 1. The van der Waals surface area contributed by atoms with Crippen LogP contribution < -0.4 is 5.32 Å². The van der Waals surface area contributed by atoms with Crippen LogP contribution in [0.15, 0.2) is 12.1 Å². The van der Waals surface area contributed by atoms with Gasteiger partial charge in [-0.05, 0) is 32.9 Å². The molecule has 0 saturated heterocycles. The first-order valence-electron chi connectivity index (χ1n) is 6.17. The van der Waals surface area contributed by atoms with Gasteiger partial charge in [-0.25, -0.2) is 4.98 Å². The van der Waals surface area contributed by atoms with Crippen LogP contribution in [0.1, 0.15) is 28.5 Å². The van der Waals surface area contributed by atoms with Gasteiger partial charge in [-0.15, -0.1) is 11.3 Å². The lowest BCUT2D eigenvalue weighted by Crippen LogP contribution is -2.07. The summed E-state index contributed by atoms with van der Waals surface area (Å²) in [5, 5.41) is 5.19. The van der Waals surface area contributed by atoms with Crippen molar-refractivity contribution < 1.29 is 0 Å². The van der Waals surface area contributed by atoms with Crippen molar-refractivity contribution >= 4 is 51.4 Å². The van der Waals surface area contributed by atoms with Gasteiger partial charge >= 0.3 is 0 Å². The highest BCUT2D eigenvalue weighted by atomic mass is 35.5. The van der Waals surface area contributed by atoms with E-state index in [1.165, 1.54) is 16.6 Å². The molecule has 1 atom stereocenters. The molecular formula is C13H13ClN4S2. The van der Waals surface area contributed by atoms with Crippen molar-refractivity contribution in [2.24, 2.45) is 0 Å². The Bertz CT molecular complexity index is 765. The van der Waals surface area contributed by atoms with Crippen LogP contribution >= 0.6 is 34.7 Å². The highest BCUT2D eigenvalue weighted by Gasteiger charge is 2.17. The zero-order valence-electron chi connectivity index (χ0n) is 11.3. The van der Waals surface area contributed by atoms with Crippen LogP contribution in [0.4, 0.5) is 5.69 Å². The number of aryl methyl sites for hydroxylation is 2. The summed E-state index contributed by atoms with van der Waals surface area (Å²) in [6, 6.07) is 3.87. The number of hydrogen-bond donors (Lipinski definition) is 1. The second kappa shape index (κ2) is 5.27. The lowest BCUT2D eigenvalue weighted by molar-refractivity contribution is 0.891. The van der Waals surface area contributed by atoms with E-state index < -0.39 is 0 Å². The molecular weight excluding hydrogens is 312 g/mol. The quantitative estimate of drug-likeness (QED) is 0.765. The van der Waals surface area contributed by atoms with E-state index in [9.17, 15) is 0 Å². The van der Waals surface area contributed by atoms with Crippen molar-refractivity contribution in [3.8, 4) is 0 Å². The lowest BCUT2D eigenvalue weighted by atomic mass is 10.2. The normalized spacial score (nSPS) is 12.8. The van der Waals surface area contributed by atoms with Gasteiger partial charge in [0.15, 0.2) is 0 Å². The minimum atomic E-state index is 0.131. The van der Waals surface area contributed by atoms with E-state index in [1.54, 1.807) is 11.3 Å². The van der Waals surface area contributed by atoms with Crippen LogP contribution in [0.25, 0.3) is 11.0 Å². The summed E-state index contributed by atoms with van der Waals surface area (Å²) in [7, 11) is 0. The SMILES string of the molecule is Cc1nc(C)c(C(C)Nc2c(Cl)ccc3nsnc23)s1. The number of benzene rings is 1. The Morgan fingerprint density at radius 2 is 2.05 bits per heavy atom. The van der Waals surface area contributed by atoms with E-state index in [-0.39, 0.29) is 6.04 Å². The van der Waals surface area contributed by atoms with Crippen molar-refractivity contribution in [3.05, 3.63) is 32.7 Å². The number of nitrogens with one attached hydrogen (secondary N) is 1. The molecule has 2 heterocycles. The Balaban J connectivity index is 1.98. The van der Waals surface area contributed by atoms with E-state index >= 15 is 0 Å². The van der Waals surface area contributed by atoms with E-state index in [0.29, 0.717) is 5.02 Å². The minimum absolute atomic E-state index is 0.131. The Hall–Kier alpha value is -1.24. The first kappa shape index (κ1) is 13.7. The predicted octanol–water partition coefficient (Wildman–Crippen LogP) is 4.59. The summed E-state index contributed by atoms with van der Waals surface area (Å²) in [5.74, 6) is 0. The van der Waals surface area contributed by atoms with Gasteiger partial charge in [-0.3, -0.25) is 0 Å². The fourth-order valence-electron chi connectivity index (χ4n) is 2.19. The maximum atomic E-state index is 6.30. The second-order valence-electron chi connectivity index (χ2n) is 4.60. The topological polar surface area (TPSA) is 50.7 Å². The van der Waals surface area contributed by atoms with Gasteiger partial charge in [-0.2, -0.15) is 8.75 Å². The molecule has 2 aromatic heterocycles. The third-order valence-corrected chi connectivity index (χ3v) is 5.18. The standard InChI is InChI=1S/C13H13ClN4S2/c1-6-13(19-8(3)15-6)7(2)16-11-9(14)4-5-10-12(11)18-20-17-10/h4-5,7,16H,1-3H3. The number of aromatic nitrogens is 3. The van der Waals surface area contributed by atoms with E-state index in [2.05, 4.69) is 26.0 Å². The van der Waals surface area contributed by atoms with Gasteiger partial charge in [0.05, 0.1) is 39.2 Å². The predicted molar refractivity (Wildman–Crippen MR) is 86.1 cm³/mol. The van der Waals surface area contributed by atoms with Gasteiger partial charge in [0, 0.05) is 4.88 Å². The van der Waals surface area contributed by atoms with E-state index in [0.717, 1.165) is 27.4 Å². The summed E-state index contributed by atoms with van der Waals surface area (Å²) in [5.41, 5.74) is 3.60. The van der Waals surface area contributed by atoms with Crippen molar-refractivity contribution in [1.29, 1.82) is 0 Å². The van der Waals surface area contributed by atoms with Crippen LogP contribution in [0.2, 0.25) is 5.02 Å². The van der Waals surface area contributed by atoms with E-state index in [1.807, 2.05) is 26.0 Å². The highest BCUT2D eigenvalue weighted by molar-refractivity contribution is 7.11. The molecule has 0 aliphatic heterocycles. The molecule has 1 unspecified atom stereocenters. The monoisotopic (exact) mass is 324 g/mol. The number of hydrogen-bond acceptors (Lipinski definition) is 6. The Morgan fingerprint density at radius 1 is 1.25 bits per heavy atom. The summed E-state index contributed by atoms with van der Waals surface area (Å²) in [6.45, 7) is 6.16. The van der Waals surface area contributed by atoms with Gasteiger partial charge in [-0.1, -0.05) is 11.6 Å². The van der Waals surface area contributed by atoms with Crippen LogP contribution in [0.3, 0.4) is 0 Å². The fourth-order valence-corrected chi connectivity index (χ4v) is 3.87.